The van der Waals surface area contributed by atoms with Gasteiger partial charge < -0.3 is 10.2 Å². The first-order chi connectivity index (χ1) is 9.15. The highest BCUT2D eigenvalue weighted by molar-refractivity contribution is 6.31. The summed E-state index contributed by atoms with van der Waals surface area (Å²) in [5.41, 5.74) is 0.560. The zero-order chi connectivity index (χ0) is 15.5. The third-order valence-electron chi connectivity index (χ3n) is 2.72. The third-order valence-corrected chi connectivity index (χ3v) is 2.95. The van der Waals surface area contributed by atoms with E-state index in [9.17, 15) is 18.0 Å². The summed E-state index contributed by atoms with van der Waals surface area (Å²) in [6.45, 7) is 1.78. The molecular weight excluding hydrogens is 293 g/mol. The van der Waals surface area contributed by atoms with Crippen LogP contribution in [0.15, 0.2) is 18.2 Å². The minimum atomic E-state index is -4.45. The van der Waals surface area contributed by atoms with Crippen molar-refractivity contribution in [3.63, 3.8) is 0 Å². The maximum Gasteiger partial charge on any atom is 0.406 e. The lowest BCUT2D eigenvalue weighted by Gasteiger charge is -2.28. The highest BCUT2D eigenvalue weighted by atomic mass is 35.5. The highest BCUT2D eigenvalue weighted by Gasteiger charge is 2.35. The molecule has 0 saturated carbocycles. The molecule has 0 aliphatic carbocycles. The van der Waals surface area contributed by atoms with E-state index in [0.717, 1.165) is 4.90 Å². The molecule has 0 fully saturated rings. The predicted molar refractivity (Wildman–Crippen MR) is 73.2 cm³/mol. The molecule has 1 aromatic carbocycles. The van der Waals surface area contributed by atoms with Crippen LogP contribution in [0.25, 0.3) is 0 Å². The molecule has 0 bridgehead atoms. The number of rotatable bonds is 4. The van der Waals surface area contributed by atoms with Crippen LogP contribution in [0.2, 0.25) is 5.02 Å². The molecule has 0 unspecified atom stereocenters. The summed E-state index contributed by atoms with van der Waals surface area (Å²) in [6.07, 6.45) is -4.45. The Bertz CT molecular complexity index is 489. The van der Waals surface area contributed by atoms with Gasteiger partial charge in [-0.25, -0.2) is 0 Å². The number of anilines is 1. The molecule has 112 valence electrons. The molecule has 1 amide bonds. The topological polar surface area (TPSA) is 32.3 Å². The highest BCUT2D eigenvalue weighted by Crippen LogP contribution is 2.25. The van der Waals surface area contributed by atoms with Crippen LogP contribution in [0.1, 0.15) is 24.2 Å². The number of amides is 1. The summed E-state index contributed by atoms with van der Waals surface area (Å²) in [5, 5.41) is 3.07. The van der Waals surface area contributed by atoms with E-state index in [1.54, 1.807) is 19.2 Å². The van der Waals surface area contributed by atoms with Crippen molar-refractivity contribution in [2.45, 2.75) is 26.1 Å². The zero-order valence-electron chi connectivity index (χ0n) is 11.4. The van der Waals surface area contributed by atoms with E-state index in [1.807, 2.05) is 0 Å². The third kappa shape index (κ3) is 4.30. The SMILES string of the molecule is CNc1ccc(Cl)cc1C(=O)N(CC(F)(F)F)C(C)C. The molecule has 0 aliphatic heterocycles. The average molecular weight is 309 g/mol. The van der Waals surface area contributed by atoms with Gasteiger partial charge in [0.05, 0.1) is 5.56 Å². The standard InChI is InChI=1S/C13H16ClF3N2O/c1-8(2)19(7-13(15,16)17)12(20)10-6-9(14)4-5-11(10)18-3/h4-6,8,18H,7H2,1-3H3. The van der Waals surface area contributed by atoms with E-state index in [0.29, 0.717) is 10.7 Å². The summed E-state index contributed by atoms with van der Waals surface area (Å²) in [7, 11) is 1.59. The second-order valence-electron chi connectivity index (χ2n) is 4.58. The number of carbonyl (C=O) groups excluding carboxylic acids is 1. The van der Waals surface area contributed by atoms with Crippen LogP contribution in [0.5, 0.6) is 0 Å². The zero-order valence-corrected chi connectivity index (χ0v) is 12.1. The Labute approximate surface area is 120 Å². The van der Waals surface area contributed by atoms with Crippen molar-refractivity contribution < 1.29 is 18.0 Å². The van der Waals surface area contributed by atoms with Crippen LogP contribution in [0, 0.1) is 0 Å². The number of nitrogens with one attached hydrogen (secondary N) is 1. The lowest BCUT2D eigenvalue weighted by Crippen LogP contribution is -2.43. The van der Waals surface area contributed by atoms with Gasteiger partial charge in [-0.3, -0.25) is 4.79 Å². The van der Waals surface area contributed by atoms with Gasteiger partial charge in [0.1, 0.15) is 6.54 Å². The van der Waals surface area contributed by atoms with Crippen molar-refractivity contribution in [3.05, 3.63) is 28.8 Å². The van der Waals surface area contributed by atoms with Crippen LogP contribution >= 0.6 is 11.6 Å². The first kappa shape index (κ1) is 16.6. The molecule has 0 heterocycles. The fraction of sp³-hybridized carbons (Fsp3) is 0.462. The molecule has 7 heteroatoms. The molecule has 0 spiro atoms. The molecule has 0 aliphatic rings. The molecule has 0 saturated heterocycles. The Kier molecular flexibility index (Phi) is 5.28. The number of hydrogen-bond donors (Lipinski definition) is 1. The first-order valence-electron chi connectivity index (χ1n) is 6.00. The van der Waals surface area contributed by atoms with Crippen LogP contribution in [0.4, 0.5) is 18.9 Å². The van der Waals surface area contributed by atoms with E-state index in [-0.39, 0.29) is 5.56 Å². The molecule has 1 N–H and O–H groups in total. The Morgan fingerprint density at radius 2 is 2.00 bits per heavy atom. The van der Waals surface area contributed by atoms with E-state index in [4.69, 9.17) is 11.6 Å². The van der Waals surface area contributed by atoms with Gasteiger partial charge >= 0.3 is 6.18 Å². The first-order valence-corrected chi connectivity index (χ1v) is 6.38. The number of nitrogens with zero attached hydrogens (tertiary/aromatic N) is 1. The molecule has 20 heavy (non-hydrogen) atoms. The van der Waals surface area contributed by atoms with Gasteiger partial charge in [0.25, 0.3) is 5.91 Å². The second-order valence-corrected chi connectivity index (χ2v) is 5.02. The molecule has 0 aromatic heterocycles. The molecular formula is C13H16ClF3N2O. The van der Waals surface area contributed by atoms with Gasteiger partial charge in [-0.2, -0.15) is 13.2 Å². The predicted octanol–water partition coefficient (Wildman–Crippen LogP) is 3.79. The maximum atomic E-state index is 12.6. The summed E-state index contributed by atoms with van der Waals surface area (Å²) >= 11 is 5.81. The van der Waals surface area contributed by atoms with Gasteiger partial charge in [0, 0.05) is 23.8 Å². The van der Waals surface area contributed by atoms with Crippen molar-refractivity contribution in [2.24, 2.45) is 0 Å². The fourth-order valence-corrected chi connectivity index (χ4v) is 1.92. The molecule has 1 rings (SSSR count). The molecule has 0 atom stereocenters. The number of halogens is 4. The minimum absolute atomic E-state index is 0.123. The van der Waals surface area contributed by atoms with Crippen molar-refractivity contribution in [3.8, 4) is 0 Å². The lowest BCUT2D eigenvalue weighted by molar-refractivity contribution is -0.143. The Morgan fingerprint density at radius 3 is 2.45 bits per heavy atom. The van der Waals surface area contributed by atoms with Gasteiger partial charge in [0.2, 0.25) is 0 Å². The summed E-state index contributed by atoms with van der Waals surface area (Å²) in [6, 6.07) is 3.91. The van der Waals surface area contributed by atoms with Crippen LogP contribution < -0.4 is 5.32 Å². The largest absolute Gasteiger partial charge is 0.406 e. The summed E-state index contributed by atoms with van der Waals surface area (Å²) in [5.74, 6) is -0.704. The smallest absolute Gasteiger partial charge is 0.387 e. The Balaban J connectivity index is 3.16. The van der Waals surface area contributed by atoms with Crippen LogP contribution in [0.3, 0.4) is 0 Å². The summed E-state index contributed by atoms with van der Waals surface area (Å²) < 4.78 is 37.7. The van der Waals surface area contributed by atoms with E-state index in [2.05, 4.69) is 5.32 Å². The average Bonchev–Trinajstić information content (AvgIpc) is 2.33. The van der Waals surface area contributed by atoms with Gasteiger partial charge in [0.15, 0.2) is 0 Å². The maximum absolute atomic E-state index is 12.6. The fourth-order valence-electron chi connectivity index (χ4n) is 1.75. The van der Waals surface area contributed by atoms with Gasteiger partial charge in [-0.15, -0.1) is 0 Å². The van der Waals surface area contributed by atoms with Crippen LogP contribution in [-0.4, -0.2) is 36.6 Å². The van der Waals surface area contributed by atoms with Gasteiger partial charge in [-0.05, 0) is 32.0 Å². The Hall–Kier alpha value is -1.43. The minimum Gasteiger partial charge on any atom is -0.387 e. The number of alkyl halides is 3. The summed E-state index contributed by atoms with van der Waals surface area (Å²) in [4.78, 5) is 13.1. The molecule has 0 radical (unpaired) electrons. The van der Waals surface area contributed by atoms with Crippen molar-refractivity contribution >= 4 is 23.2 Å². The number of hydrogen-bond acceptors (Lipinski definition) is 2. The van der Waals surface area contributed by atoms with Crippen molar-refractivity contribution in [2.75, 3.05) is 18.9 Å². The second kappa shape index (κ2) is 6.35. The van der Waals surface area contributed by atoms with Crippen molar-refractivity contribution in [1.82, 2.24) is 4.90 Å². The van der Waals surface area contributed by atoms with E-state index >= 15 is 0 Å². The quantitative estimate of drug-likeness (QED) is 0.917. The van der Waals surface area contributed by atoms with Gasteiger partial charge in [-0.1, -0.05) is 11.6 Å². The number of carbonyl (C=O) groups is 1. The van der Waals surface area contributed by atoms with E-state index < -0.39 is 24.7 Å². The molecule has 3 nitrogen and oxygen atoms in total. The van der Waals surface area contributed by atoms with Crippen molar-refractivity contribution in [1.29, 1.82) is 0 Å². The van der Waals surface area contributed by atoms with E-state index in [1.165, 1.54) is 19.9 Å². The monoisotopic (exact) mass is 308 g/mol. The molecule has 1 aromatic rings. The van der Waals surface area contributed by atoms with Crippen LogP contribution in [-0.2, 0) is 0 Å². The Morgan fingerprint density at radius 1 is 1.40 bits per heavy atom. The lowest BCUT2D eigenvalue weighted by atomic mass is 10.1. The number of benzene rings is 1. The normalized spacial score (nSPS) is 11.6.